The van der Waals surface area contributed by atoms with Crippen LogP contribution in [0.4, 0.5) is 0 Å². The Morgan fingerprint density at radius 2 is 2.38 bits per heavy atom. The molecule has 13 heavy (non-hydrogen) atoms. The van der Waals surface area contributed by atoms with E-state index < -0.39 is 0 Å². The van der Waals surface area contributed by atoms with Crippen molar-refractivity contribution in [2.24, 2.45) is 12.2 Å². The second-order valence-electron chi connectivity index (χ2n) is 2.80. The fraction of sp³-hybridized carbons (Fsp3) is 0.400. The van der Waals surface area contributed by atoms with Gasteiger partial charge in [0.05, 0.1) is 0 Å². The fourth-order valence-corrected chi connectivity index (χ4v) is 0.906. The Balaban J connectivity index is 2.53. The molecule has 0 saturated carbocycles. The molecule has 1 heterocycles. The number of oxime groups is 1. The second-order valence-corrected chi connectivity index (χ2v) is 2.80. The van der Waals surface area contributed by atoms with Crippen molar-refractivity contribution >= 4 is 6.21 Å². The van der Waals surface area contributed by atoms with Crippen LogP contribution >= 0.6 is 0 Å². The van der Waals surface area contributed by atoms with E-state index in [2.05, 4.69) is 12.1 Å². The lowest BCUT2D eigenvalue weighted by molar-refractivity contribution is -0.672. The van der Waals surface area contributed by atoms with Crippen molar-refractivity contribution in [1.82, 2.24) is 0 Å². The smallest absolute Gasteiger partial charge is 0.226 e. The Bertz CT molecular complexity index is 284. The summed E-state index contributed by atoms with van der Waals surface area (Å²) >= 11 is 0. The van der Waals surface area contributed by atoms with E-state index in [1.807, 2.05) is 36.0 Å². The lowest BCUT2D eigenvalue weighted by Gasteiger charge is -1.93. The molecular weight excluding hydrogens is 164 g/mol. The average molecular weight is 179 g/mol. The normalized spacial score (nSPS) is 10.6. The summed E-state index contributed by atoms with van der Waals surface area (Å²) in [6.45, 7) is 2.73. The number of rotatable bonds is 4. The fourth-order valence-electron chi connectivity index (χ4n) is 0.906. The Morgan fingerprint density at radius 3 is 3.08 bits per heavy atom. The number of hydrogen-bond acceptors (Lipinski definition) is 2. The molecule has 0 unspecified atom stereocenters. The van der Waals surface area contributed by atoms with Gasteiger partial charge in [-0.25, -0.2) is 4.57 Å². The van der Waals surface area contributed by atoms with Gasteiger partial charge in [0.15, 0.2) is 6.20 Å². The first kappa shape index (κ1) is 9.71. The van der Waals surface area contributed by atoms with Gasteiger partial charge in [-0.05, 0) is 12.5 Å². The van der Waals surface area contributed by atoms with Crippen LogP contribution in [0.25, 0.3) is 0 Å². The van der Waals surface area contributed by atoms with Crippen molar-refractivity contribution in [2.45, 2.75) is 13.3 Å². The first-order valence-electron chi connectivity index (χ1n) is 4.44. The van der Waals surface area contributed by atoms with Gasteiger partial charge in [0.25, 0.3) is 0 Å². The number of aryl methyl sites for hydroxylation is 1. The third-order valence-corrected chi connectivity index (χ3v) is 1.65. The molecule has 0 aliphatic heterocycles. The van der Waals surface area contributed by atoms with Crippen molar-refractivity contribution in [2.75, 3.05) is 6.61 Å². The van der Waals surface area contributed by atoms with Crippen LogP contribution in [0.2, 0.25) is 0 Å². The molecule has 70 valence electrons. The summed E-state index contributed by atoms with van der Waals surface area (Å²) in [6.07, 6.45) is 4.68. The number of hydrogen-bond donors (Lipinski definition) is 0. The zero-order chi connectivity index (χ0) is 9.52. The quantitative estimate of drug-likeness (QED) is 0.296. The molecule has 1 aromatic rings. The van der Waals surface area contributed by atoms with E-state index in [0.717, 1.165) is 12.1 Å². The van der Waals surface area contributed by atoms with Gasteiger partial charge in [-0.2, -0.15) is 0 Å². The highest BCUT2D eigenvalue weighted by atomic mass is 16.6. The highest BCUT2D eigenvalue weighted by Crippen LogP contribution is 1.87. The van der Waals surface area contributed by atoms with Gasteiger partial charge in [-0.3, -0.25) is 0 Å². The molecule has 0 N–H and O–H groups in total. The van der Waals surface area contributed by atoms with Crippen LogP contribution in [0.5, 0.6) is 0 Å². The van der Waals surface area contributed by atoms with Gasteiger partial charge in [-0.15, -0.1) is 0 Å². The molecule has 0 aliphatic rings. The summed E-state index contributed by atoms with van der Waals surface area (Å²) in [5.74, 6) is 0. The minimum absolute atomic E-state index is 0.674. The molecular formula is C10H15N2O+. The number of aromatic nitrogens is 1. The highest BCUT2D eigenvalue weighted by molar-refractivity contribution is 5.74. The van der Waals surface area contributed by atoms with Crippen molar-refractivity contribution in [3.8, 4) is 0 Å². The molecule has 3 heteroatoms. The van der Waals surface area contributed by atoms with Gasteiger partial charge >= 0.3 is 0 Å². The second kappa shape index (κ2) is 5.30. The number of nitrogens with zero attached hydrogens (tertiary/aromatic N) is 2. The van der Waals surface area contributed by atoms with Crippen molar-refractivity contribution < 1.29 is 9.40 Å². The Labute approximate surface area is 78.6 Å². The SMILES string of the molecule is CCCO/N=C/c1cccc[n+]1C. The first-order chi connectivity index (χ1) is 6.34. The molecule has 3 nitrogen and oxygen atoms in total. The van der Waals surface area contributed by atoms with E-state index in [1.165, 1.54) is 0 Å². The van der Waals surface area contributed by atoms with Crippen LogP contribution in [-0.2, 0) is 11.9 Å². The third kappa shape index (κ3) is 3.23. The van der Waals surface area contributed by atoms with Crippen molar-refractivity contribution in [3.05, 3.63) is 30.1 Å². The van der Waals surface area contributed by atoms with Gasteiger partial charge in [0, 0.05) is 12.1 Å². The van der Waals surface area contributed by atoms with Crippen LogP contribution in [0, 0.1) is 0 Å². The summed E-state index contributed by atoms with van der Waals surface area (Å²) in [4.78, 5) is 5.00. The standard InChI is InChI=1S/C10H15N2O/c1-3-8-13-11-9-10-6-4-5-7-12(10)2/h4-7,9H,3,8H2,1-2H3/q+1/b11-9+. The number of pyridine rings is 1. The van der Waals surface area contributed by atoms with Crippen LogP contribution in [0.3, 0.4) is 0 Å². The lowest BCUT2D eigenvalue weighted by Crippen LogP contribution is -2.32. The minimum Gasteiger partial charge on any atom is -0.396 e. The highest BCUT2D eigenvalue weighted by Gasteiger charge is 1.98. The van der Waals surface area contributed by atoms with Crippen LogP contribution in [0.1, 0.15) is 19.0 Å². The molecule has 1 aromatic heterocycles. The maximum absolute atomic E-state index is 5.00. The summed E-state index contributed by atoms with van der Waals surface area (Å²) in [6, 6.07) is 5.93. The molecule has 0 saturated heterocycles. The van der Waals surface area contributed by atoms with E-state index in [1.54, 1.807) is 6.21 Å². The summed E-state index contributed by atoms with van der Waals surface area (Å²) in [5, 5.41) is 3.85. The Hall–Kier alpha value is -1.38. The van der Waals surface area contributed by atoms with Crippen molar-refractivity contribution in [1.29, 1.82) is 0 Å². The van der Waals surface area contributed by atoms with Gasteiger partial charge in [0.1, 0.15) is 19.9 Å². The Kier molecular flexibility index (Phi) is 3.96. The molecule has 0 radical (unpaired) electrons. The topological polar surface area (TPSA) is 25.5 Å². The first-order valence-corrected chi connectivity index (χ1v) is 4.44. The third-order valence-electron chi connectivity index (χ3n) is 1.65. The van der Waals surface area contributed by atoms with Crippen LogP contribution in [-0.4, -0.2) is 12.8 Å². The molecule has 0 aromatic carbocycles. The molecule has 0 fully saturated rings. The molecule has 1 rings (SSSR count). The molecule has 0 spiro atoms. The molecule has 0 aliphatic carbocycles. The minimum atomic E-state index is 0.674. The van der Waals surface area contributed by atoms with E-state index in [-0.39, 0.29) is 0 Å². The predicted molar refractivity (Wildman–Crippen MR) is 51.5 cm³/mol. The maximum atomic E-state index is 5.00. The van der Waals surface area contributed by atoms with Gasteiger partial charge in [-0.1, -0.05) is 12.1 Å². The largest absolute Gasteiger partial charge is 0.396 e. The maximum Gasteiger partial charge on any atom is 0.226 e. The van der Waals surface area contributed by atoms with Gasteiger partial charge in [0.2, 0.25) is 5.69 Å². The van der Waals surface area contributed by atoms with E-state index >= 15 is 0 Å². The predicted octanol–water partition coefficient (Wildman–Crippen LogP) is 1.27. The monoisotopic (exact) mass is 179 g/mol. The van der Waals surface area contributed by atoms with Gasteiger partial charge < -0.3 is 4.84 Å². The Morgan fingerprint density at radius 1 is 1.54 bits per heavy atom. The molecule has 0 atom stereocenters. The lowest BCUT2D eigenvalue weighted by atomic mass is 10.4. The van der Waals surface area contributed by atoms with E-state index in [4.69, 9.17) is 4.84 Å². The van der Waals surface area contributed by atoms with Crippen molar-refractivity contribution in [3.63, 3.8) is 0 Å². The zero-order valence-electron chi connectivity index (χ0n) is 8.10. The average Bonchev–Trinajstić information content (AvgIpc) is 2.15. The summed E-state index contributed by atoms with van der Waals surface area (Å²) in [5.41, 5.74) is 1.03. The molecule has 0 bridgehead atoms. The zero-order valence-corrected chi connectivity index (χ0v) is 8.10. The summed E-state index contributed by atoms with van der Waals surface area (Å²) in [7, 11) is 1.97. The van der Waals surface area contributed by atoms with E-state index in [9.17, 15) is 0 Å². The van der Waals surface area contributed by atoms with Crippen LogP contribution < -0.4 is 4.57 Å². The summed E-state index contributed by atoms with van der Waals surface area (Å²) < 4.78 is 1.98. The molecule has 0 amide bonds. The van der Waals surface area contributed by atoms with Crippen LogP contribution in [0.15, 0.2) is 29.6 Å². The van der Waals surface area contributed by atoms with E-state index in [0.29, 0.717) is 6.61 Å².